The first-order valence-corrected chi connectivity index (χ1v) is 6.32. The van der Waals surface area contributed by atoms with Crippen LogP contribution in [0.1, 0.15) is 5.56 Å². The largest absolute Gasteiger partial charge is 0.508 e. The first-order valence-electron chi connectivity index (χ1n) is 5.53. The Balaban J connectivity index is 2.21. The molecular weight excluding hydrogens is 308 g/mol. The molecule has 0 radical (unpaired) electrons. The minimum Gasteiger partial charge on any atom is -0.508 e. The number of aliphatic imine (C=N–C) groups is 1. The quantitative estimate of drug-likeness (QED) is 0.842. The van der Waals surface area contributed by atoms with Crippen LogP contribution in [0.5, 0.6) is 5.75 Å². The Hall–Kier alpha value is -2.14. The predicted molar refractivity (Wildman–Crippen MR) is 78.9 cm³/mol. The molecule has 0 bridgehead atoms. The number of phenolic OH excluding ortho intramolecular Hbond substituents is 1. The summed E-state index contributed by atoms with van der Waals surface area (Å²) >= 11 is 3.25. The van der Waals surface area contributed by atoms with E-state index in [2.05, 4.69) is 26.2 Å². The van der Waals surface area contributed by atoms with Crippen LogP contribution in [0, 0.1) is 0 Å². The van der Waals surface area contributed by atoms with Crippen LogP contribution >= 0.6 is 15.9 Å². The number of hydrogen-bond acceptors (Lipinski definition) is 4. The van der Waals surface area contributed by atoms with Gasteiger partial charge in [0, 0.05) is 6.20 Å². The van der Waals surface area contributed by atoms with E-state index in [1.165, 1.54) is 6.34 Å². The Labute approximate surface area is 119 Å². The summed E-state index contributed by atoms with van der Waals surface area (Å²) in [6, 6.07) is 6.66. The van der Waals surface area contributed by atoms with Gasteiger partial charge in [-0.15, -0.1) is 0 Å². The third-order valence-electron chi connectivity index (χ3n) is 2.35. The van der Waals surface area contributed by atoms with E-state index >= 15 is 0 Å². The van der Waals surface area contributed by atoms with Gasteiger partial charge in [0.1, 0.15) is 5.75 Å². The van der Waals surface area contributed by atoms with Crippen LogP contribution in [0.2, 0.25) is 0 Å². The highest BCUT2D eigenvalue weighted by Crippen LogP contribution is 2.19. The summed E-state index contributed by atoms with van der Waals surface area (Å²) in [6.07, 6.45) is 8.00. The van der Waals surface area contributed by atoms with Gasteiger partial charge in [-0.25, -0.2) is 4.99 Å². The molecule has 1 aromatic carbocycles. The third-order valence-corrected chi connectivity index (χ3v) is 2.94. The lowest BCUT2D eigenvalue weighted by atomic mass is 10.1. The number of allylic oxidation sites excluding steroid dienone is 3. The number of Topliss-reactive ketones (excluding diaryl/α,β-unsaturated/α-hetero) is 1. The second kappa shape index (κ2) is 6.15. The van der Waals surface area contributed by atoms with Gasteiger partial charge in [-0.1, -0.05) is 12.1 Å². The summed E-state index contributed by atoms with van der Waals surface area (Å²) in [7, 11) is 0. The van der Waals surface area contributed by atoms with E-state index in [1.54, 1.807) is 48.7 Å². The molecule has 19 heavy (non-hydrogen) atoms. The third kappa shape index (κ3) is 3.66. The Bertz CT molecular complexity index is 616. The fourth-order valence-electron chi connectivity index (χ4n) is 1.48. The lowest BCUT2D eigenvalue weighted by Gasteiger charge is -2.04. The molecule has 1 heterocycles. The van der Waals surface area contributed by atoms with Crippen LogP contribution in [-0.4, -0.2) is 17.2 Å². The van der Waals surface area contributed by atoms with Crippen molar-refractivity contribution in [3.05, 3.63) is 58.4 Å². The van der Waals surface area contributed by atoms with Gasteiger partial charge in [0.25, 0.3) is 0 Å². The summed E-state index contributed by atoms with van der Waals surface area (Å²) in [5, 5.41) is 12.2. The Morgan fingerprint density at radius 3 is 3.05 bits per heavy atom. The van der Waals surface area contributed by atoms with Crippen LogP contribution in [0.4, 0.5) is 0 Å². The molecule has 0 saturated heterocycles. The number of ketones is 1. The molecule has 0 aromatic heterocycles. The van der Waals surface area contributed by atoms with E-state index in [4.69, 9.17) is 0 Å². The Kier molecular flexibility index (Phi) is 4.30. The number of aromatic hydroxyl groups is 1. The van der Waals surface area contributed by atoms with Crippen molar-refractivity contribution < 1.29 is 9.90 Å². The molecule has 0 unspecified atom stereocenters. The molecule has 2 N–H and O–H groups in total. The summed E-state index contributed by atoms with van der Waals surface area (Å²) < 4.78 is 0.389. The molecule has 0 atom stereocenters. The maximum atomic E-state index is 12.1. The molecule has 1 aliphatic rings. The van der Waals surface area contributed by atoms with Gasteiger partial charge < -0.3 is 10.4 Å². The van der Waals surface area contributed by atoms with Crippen LogP contribution in [0.25, 0.3) is 6.08 Å². The van der Waals surface area contributed by atoms with Crippen molar-refractivity contribution in [3.63, 3.8) is 0 Å². The van der Waals surface area contributed by atoms with Crippen molar-refractivity contribution in [3.8, 4) is 5.75 Å². The maximum absolute atomic E-state index is 12.1. The fourth-order valence-corrected chi connectivity index (χ4v) is 1.96. The number of hydrogen-bond donors (Lipinski definition) is 2. The number of rotatable bonds is 3. The van der Waals surface area contributed by atoms with Crippen molar-refractivity contribution in [2.45, 2.75) is 0 Å². The molecule has 0 amide bonds. The lowest BCUT2D eigenvalue weighted by Crippen LogP contribution is -2.18. The summed E-state index contributed by atoms with van der Waals surface area (Å²) in [4.78, 5) is 16.0. The highest BCUT2D eigenvalue weighted by molar-refractivity contribution is 9.12. The van der Waals surface area contributed by atoms with Gasteiger partial charge in [-0.2, -0.15) is 0 Å². The van der Waals surface area contributed by atoms with Gasteiger partial charge in [-0.3, -0.25) is 4.79 Å². The average Bonchev–Trinajstić information content (AvgIpc) is 2.66. The number of phenols is 1. The van der Waals surface area contributed by atoms with Gasteiger partial charge in [0.2, 0.25) is 5.78 Å². The second-order valence-corrected chi connectivity index (χ2v) is 4.62. The van der Waals surface area contributed by atoms with Gasteiger partial charge in [0.05, 0.1) is 16.5 Å². The number of benzene rings is 1. The van der Waals surface area contributed by atoms with Gasteiger partial charge in [0.15, 0.2) is 0 Å². The number of carbonyl (C=O) groups excluding carboxylic acids is 1. The zero-order valence-corrected chi connectivity index (χ0v) is 11.5. The van der Waals surface area contributed by atoms with E-state index < -0.39 is 0 Å². The fraction of sp³-hybridized carbons (Fsp3) is 0. The Morgan fingerprint density at radius 1 is 1.42 bits per heavy atom. The molecule has 0 aliphatic carbocycles. The zero-order valence-electron chi connectivity index (χ0n) is 9.88. The van der Waals surface area contributed by atoms with Crippen LogP contribution < -0.4 is 5.32 Å². The monoisotopic (exact) mass is 318 g/mol. The Morgan fingerprint density at radius 2 is 2.26 bits per heavy atom. The molecular formula is C14H11BrN2O2. The molecule has 0 spiro atoms. The first-order chi connectivity index (χ1) is 9.16. The molecule has 0 fully saturated rings. The molecule has 5 heteroatoms. The van der Waals surface area contributed by atoms with Crippen LogP contribution in [0.15, 0.2) is 57.8 Å². The summed E-state index contributed by atoms with van der Waals surface area (Å²) in [5.74, 6) is -0.0373. The summed E-state index contributed by atoms with van der Waals surface area (Å²) in [6.45, 7) is 0. The molecule has 4 nitrogen and oxygen atoms in total. The normalized spacial score (nSPS) is 14.6. The SMILES string of the molecule is O=C(C1=CC=CN=CN1)/C(Br)=C\c1cccc(O)c1. The first kappa shape index (κ1) is 13.3. The lowest BCUT2D eigenvalue weighted by molar-refractivity contribution is -0.111. The van der Waals surface area contributed by atoms with Crippen LogP contribution in [-0.2, 0) is 4.79 Å². The van der Waals surface area contributed by atoms with Crippen molar-refractivity contribution in [1.82, 2.24) is 5.32 Å². The van der Waals surface area contributed by atoms with Gasteiger partial charge >= 0.3 is 0 Å². The topological polar surface area (TPSA) is 61.7 Å². The minimum atomic E-state index is -0.193. The van der Waals surface area contributed by atoms with Crippen molar-refractivity contribution in [1.29, 1.82) is 0 Å². The predicted octanol–water partition coefficient (Wildman–Crippen LogP) is 2.73. The smallest absolute Gasteiger partial charge is 0.216 e. The van der Waals surface area contributed by atoms with Crippen molar-refractivity contribution in [2.24, 2.45) is 4.99 Å². The highest BCUT2D eigenvalue weighted by atomic mass is 79.9. The van der Waals surface area contributed by atoms with E-state index in [0.717, 1.165) is 5.56 Å². The van der Waals surface area contributed by atoms with E-state index in [1.807, 2.05) is 0 Å². The standard InChI is InChI=1S/C14H11BrN2O2/c15-12(8-10-3-1-4-11(18)7-10)14(19)13-5-2-6-16-9-17-13/h1-9,18H,(H,16,17)/b12-8+. The number of halogens is 1. The zero-order chi connectivity index (χ0) is 13.7. The second-order valence-electron chi connectivity index (χ2n) is 3.76. The van der Waals surface area contributed by atoms with Gasteiger partial charge in [-0.05, 0) is 51.9 Å². The number of carbonyl (C=O) groups is 1. The van der Waals surface area contributed by atoms with Crippen molar-refractivity contribution in [2.75, 3.05) is 0 Å². The van der Waals surface area contributed by atoms with E-state index in [0.29, 0.717) is 10.2 Å². The minimum absolute atomic E-state index is 0.156. The van der Waals surface area contributed by atoms with Crippen LogP contribution in [0.3, 0.4) is 0 Å². The average molecular weight is 319 g/mol. The van der Waals surface area contributed by atoms with Crippen molar-refractivity contribution >= 4 is 34.1 Å². The molecule has 0 saturated carbocycles. The summed E-state index contributed by atoms with van der Waals surface area (Å²) in [5.41, 5.74) is 1.15. The number of nitrogens with one attached hydrogen (secondary N) is 1. The number of nitrogens with zero attached hydrogens (tertiary/aromatic N) is 1. The molecule has 1 aromatic rings. The maximum Gasteiger partial charge on any atom is 0.216 e. The molecule has 2 rings (SSSR count). The van der Waals surface area contributed by atoms with E-state index in [-0.39, 0.29) is 11.5 Å². The highest BCUT2D eigenvalue weighted by Gasteiger charge is 2.12. The van der Waals surface area contributed by atoms with E-state index in [9.17, 15) is 9.90 Å². The molecule has 1 aliphatic heterocycles. The molecule has 96 valence electrons.